The molecular weight excluding hydrogens is 576 g/mol. The van der Waals surface area contributed by atoms with E-state index in [4.69, 9.17) is 14.2 Å². The van der Waals surface area contributed by atoms with Gasteiger partial charge in [0.1, 0.15) is 6.79 Å². The monoisotopic (exact) mass is 638 g/mol. The van der Waals surface area contributed by atoms with E-state index in [9.17, 15) is 0 Å². The summed E-state index contributed by atoms with van der Waals surface area (Å²) in [4.78, 5) is 0. The Morgan fingerprint density at radius 3 is 1.79 bits per heavy atom. The fraction of sp³-hybridized carbons (Fsp3) is 0.591. The van der Waals surface area contributed by atoms with Gasteiger partial charge in [0.05, 0.1) is 26.4 Å². The third kappa shape index (κ3) is 8.97. The zero-order chi connectivity index (χ0) is 33.0. The maximum Gasteiger partial charge on any atom is 0.147 e. The standard InChI is InChI=1S/C44H62O3/c1-5-8-10-12-14-16-26-44(27-17-15-13-11-9-6-2)41-28-35(4)18-24-39(41)40-25-23-38(29-42(40)44)37-21-19-36(20-22-37)30-45-34-47-33-43(7-3)31-46-32-43/h18-25,28-29H,5-17,26-27,30-34H2,1-4H3. The van der Waals surface area contributed by atoms with Gasteiger partial charge in [-0.05, 0) is 71.2 Å². The minimum Gasteiger partial charge on any atom is -0.380 e. The summed E-state index contributed by atoms with van der Waals surface area (Å²) in [6.45, 7) is 12.3. The van der Waals surface area contributed by atoms with Crippen LogP contribution < -0.4 is 0 Å². The molecule has 1 aliphatic heterocycles. The molecule has 0 saturated carbocycles. The molecule has 3 aromatic rings. The lowest BCUT2D eigenvalue weighted by atomic mass is 9.70. The molecule has 0 bridgehead atoms. The highest BCUT2D eigenvalue weighted by Crippen LogP contribution is 2.55. The van der Waals surface area contributed by atoms with Crippen molar-refractivity contribution in [1.29, 1.82) is 0 Å². The number of benzene rings is 3. The second kappa shape index (κ2) is 17.8. The van der Waals surface area contributed by atoms with Crippen LogP contribution in [-0.2, 0) is 26.2 Å². The van der Waals surface area contributed by atoms with E-state index in [0.717, 1.165) is 19.6 Å². The van der Waals surface area contributed by atoms with Crippen LogP contribution in [0.5, 0.6) is 0 Å². The number of rotatable bonds is 22. The second-order valence-electron chi connectivity index (χ2n) is 14.8. The van der Waals surface area contributed by atoms with Gasteiger partial charge in [0.25, 0.3) is 0 Å². The van der Waals surface area contributed by atoms with Crippen molar-refractivity contribution in [1.82, 2.24) is 0 Å². The molecule has 1 fully saturated rings. The van der Waals surface area contributed by atoms with Crippen LogP contribution in [0.25, 0.3) is 22.3 Å². The molecule has 0 aromatic heterocycles. The lowest BCUT2D eigenvalue weighted by molar-refractivity contribution is -0.174. The van der Waals surface area contributed by atoms with Crippen LogP contribution >= 0.6 is 0 Å². The molecule has 0 atom stereocenters. The minimum atomic E-state index is 0.109. The zero-order valence-electron chi connectivity index (χ0n) is 30.1. The van der Waals surface area contributed by atoms with Gasteiger partial charge in [-0.15, -0.1) is 0 Å². The first-order valence-electron chi connectivity index (χ1n) is 19.1. The van der Waals surface area contributed by atoms with Gasteiger partial charge in [0, 0.05) is 10.8 Å². The Hall–Kier alpha value is -2.46. The van der Waals surface area contributed by atoms with Gasteiger partial charge in [0.2, 0.25) is 0 Å². The molecule has 256 valence electrons. The smallest absolute Gasteiger partial charge is 0.147 e. The third-order valence-corrected chi connectivity index (χ3v) is 11.1. The van der Waals surface area contributed by atoms with Gasteiger partial charge >= 0.3 is 0 Å². The van der Waals surface area contributed by atoms with E-state index in [2.05, 4.69) is 88.4 Å². The molecule has 1 heterocycles. The number of fused-ring (bicyclic) bond motifs is 3. The van der Waals surface area contributed by atoms with E-state index in [1.165, 1.54) is 123 Å². The Morgan fingerprint density at radius 1 is 0.617 bits per heavy atom. The van der Waals surface area contributed by atoms with Crippen LogP contribution in [0.4, 0.5) is 0 Å². The maximum absolute atomic E-state index is 5.88. The Balaban J connectivity index is 1.32. The normalized spacial score (nSPS) is 15.7. The van der Waals surface area contributed by atoms with E-state index in [1.807, 2.05) is 0 Å². The number of hydrogen-bond acceptors (Lipinski definition) is 3. The molecular formula is C44H62O3. The molecule has 5 rings (SSSR count). The highest BCUT2D eigenvalue weighted by molar-refractivity contribution is 5.84. The first-order valence-corrected chi connectivity index (χ1v) is 19.1. The van der Waals surface area contributed by atoms with Crippen LogP contribution in [0.3, 0.4) is 0 Å². The topological polar surface area (TPSA) is 27.7 Å². The molecule has 2 aliphatic rings. The number of aryl methyl sites for hydroxylation is 1. The minimum absolute atomic E-state index is 0.109. The largest absolute Gasteiger partial charge is 0.380 e. The molecule has 0 unspecified atom stereocenters. The predicted octanol–water partition coefficient (Wildman–Crippen LogP) is 12.3. The fourth-order valence-corrected chi connectivity index (χ4v) is 7.92. The van der Waals surface area contributed by atoms with Crippen molar-refractivity contribution in [3.8, 4) is 22.3 Å². The van der Waals surface area contributed by atoms with Gasteiger partial charge in [-0.3, -0.25) is 0 Å². The molecule has 47 heavy (non-hydrogen) atoms. The van der Waals surface area contributed by atoms with Gasteiger partial charge < -0.3 is 14.2 Å². The van der Waals surface area contributed by atoms with E-state index in [-0.39, 0.29) is 10.8 Å². The lowest BCUT2D eigenvalue weighted by Crippen LogP contribution is -2.45. The average molecular weight is 639 g/mol. The van der Waals surface area contributed by atoms with Crippen LogP contribution in [0.1, 0.15) is 139 Å². The molecule has 3 aromatic carbocycles. The summed E-state index contributed by atoms with van der Waals surface area (Å²) in [5.74, 6) is 0. The van der Waals surface area contributed by atoms with E-state index < -0.39 is 0 Å². The average Bonchev–Trinajstić information content (AvgIpc) is 3.33. The van der Waals surface area contributed by atoms with Crippen molar-refractivity contribution in [3.05, 3.63) is 82.9 Å². The van der Waals surface area contributed by atoms with Gasteiger partial charge in [0.15, 0.2) is 0 Å². The molecule has 3 heteroatoms. The van der Waals surface area contributed by atoms with Gasteiger partial charge in [-0.1, -0.05) is 158 Å². The quantitative estimate of drug-likeness (QED) is 0.0809. The van der Waals surface area contributed by atoms with Crippen LogP contribution in [0.15, 0.2) is 60.7 Å². The predicted molar refractivity (Wildman–Crippen MR) is 198 cm³/mol. The van der Waals surface area contributed by atoms with Gasteiger partial charge in [-0.25, -0.2) is 0 Å². The van der Waals surface area contributed by atoms with Crippen molar-refractivity contribution in [2.24, 2.45) is 5.41 Å². The fourth-order valence-electron chi connectivity index (χ4n) is 7.92. The van der Waals surface area contributed by atoms with Crippen molar-refractivity contribution >= 4 is 0 Å². The molecule has 1 aliphatic carbocycles. The molecule has 0 amide bonds. The summed E-state index contributed by atoms with van der Waals surface area (Å²) in [5, 5.41) is 0. The first kappa shape index (κ1) is 35.8. The number of unbranched alkanes of at least 4 members (excludes halogenated alkanes) is 10. The highest BCUT2D eigenvalue weighted by atomic mass is 16.7. The van der Waals surface area contributed by atoms with Crippen molar-refractivity contribution in [2.75, 3.05) is 26.6 Å². The summed E-state index contributed by atoms with van der Waals surface area (Å²) in [7, 11) is 0. The summed E-state index contributed by atoms with van der Waals surface area (Å²) in [5.41, 5.74) is 11.6. The Labute approximate surface area is 286 Å². The van der Waals surface area contributed by atoms with E-state index >= 15 is 0 Å². The third-order valence-electron chi connectivity index (χ3n) is 11.1. The molecule has 3 nitrogen and oxygen atoms in total. The SMILES string of the molecule is CCCCCCCCC1(CCCCCCCC)c2cc(C)ccc2-c2ccc(-c3ccc(COCOCC4(CC)COC4)cc3)cc21. The summed E-state index contributed by atoms with van der Waals surface area (Å²) in [6, 6.07) is 23.6. The van der Waals surface area contributed by atoms with Crippen molar-refractivity contribution in [3.63, 3.8) is 0 Å². The number of ether oxygens (including phenoxy) is 3. The Morgan fingerprint density at radius 2 is 1.19 bits per heavy atom. The zero-order valence-corrected chi connectivity index (χ0v) is 30.1. The molecule has 1 saturated heterocycles. The van der Waals surface area contributed by atoms with Crippen molar-refractivity contribution in [2.45, 2.75) is 136 Å². The number of hydrogen-bond donors (Lipinski definition) is 0. The van der Waals surface area contributed by atoms with Crippen molar-refractivity contribution < 1.29 is 14.2 Å². The molecule has 0 N–H and O–H groups in total. The summed E-state index contributed by atoms with van der Waals surface area (Å²) >= 11 is 0. The van der Waals surface area contributed by atoms with Crippen LogP contribution in [-0.4, -0.2) is 26.6 Å². The lowest BCUT2D eigenvalue weighted by Gasteiger charge is -2.40. The first-order chi connectivity index (χ1) is 23.0. The maximum atomic E-state index is 5.88. The van der Waals surface area contributed by atoms with Crippen LogP contribution in [0.2, 0.25) is 0 Å². The molecule has 0 radical (unpaired) electrons. The Bertz CT molecular complexity index is 1350. The van der Waals surface area contributed by atoms with Crippen LogP contribution in [0, 0.1) is 12.3 Å². The second-order valence-corrected chi connectivity index (χ2v) is 14.8. The highest BCUT2D eigenvalue weighted by Gasteiger charge is 2.42. The molecule has 0 spiro atoms. The van der Waals surface area contributed by atoms with E-state index in [0.29, 0.717) is 20.0 Å². The summed E-state index contributed by atoms with van der Waals surface area (Å²) < 4.78 is 17.1. The van der Waals surface area contributed by atoms with E-state index in [1.54, 1.807) is 11.1 Å². The summed E-state index contributed by atoms with van der Waals surface area (Å²) in [6.07, 6.45) is 19.7. The Kier molecular flexibility index (Phi) is 13.6. The van der Waals surface area contributed by atoms with Gasteiger partial charge in [-0.2, -0.15) is 0 Å².